The Hall–Kier alpha value is -0.670. The van der Waals surface area contributed by atoms with E-state index in [0.29, 0.717) is 12.0 Å². The molecule has 1 aromatic carbocycles. The molecule has 1 aromatic rings. The Morgan fingerprint density at radius 2 is 1.95 bits per heavy atom. The molecule has 2 N–H and O–H groups in total. The monoisotopic (exact) mass is 305 g/mol. The van der Waals surface area contributed by atoms with Crippen molar-refractivity contribution in [1.82, 2.24) is 0 Å². The van der Waals surface area contributed by atoms with Gasteiger partial charge in [-0.2, -0.15) is 11.8 Å². The highest BCUT2D eigenvalue weighted by Gasteiger charge is 2.23. The fraction of sp³-hybridized carbons (Fsp3) is 0.667. The van der Waals surface area contributed by atoms with Crippen LogP contribution in [0.1, 0.15) is 56.4 Å². The van der Waals surface area contributed by atoms with Crippen molar-refractivity contribution >= 4 is 11.8 Å². The lowest BCUT2D eigenvalue weighted by molar-refractivity contribution is 0.260. The molecule has 0 radical (unpaired) electrons. The Morgan fingerprint density at radius 3 is 2.81 bits per heavy atom. The molecule has 2 aliphatic rings. The van der Waals surface area contributed by atoms with Crippen LogP contribution in [0.5, 0.6) is 5.75 Å². The average Bonchev–Trinajstić information content (AvgIpc) is 2.54. The highest BCUT2D eigenvalue weighted by molar-refractivity contribution is 7.99. The molecule has 0 amide bonds. The molecule has 0 aromatic heterocycles. The van der Waals surface area contributed by atoms with Crippen LogP contribution in [0.15, 0.2) is 24.3 Å². The van der Waals surface area contributed by atoms with Crippen LogP contribution in [0.2, 0.25) is 0 Å². The fourth-order valence-corrected chi connectivity index (χ4v) is 4.91. The molecule has 2 atom stereocenters. The predicted octanol–water partition coefficient (Wildman–Crippen LogP) is 4.34. The van der Waals surface area contributed by atoms with E-state index in [-0.39, 0.29) is 0 Å². The van der Waals surface area contributed by atoms with Gasteiger partial charge in [-0.25, -0.2) is 0 Å². The van der Waals surface area contributed by atoms with E-state index in [1.54, 1.807) is 0 Å². The first-order valence-electron chi connectivity index (χ1n) is 8.42. The zero-order valence-electron chi connectivity index (χ0n) is 12.8. The Bertz CT molecular complexity index is 445. The molecule has 3 rings (SSSR count). The molecule has 1 heterocycles. The molecule has 2 unspecified atom stereocenters. The summed E-state index contributed by atoms with van der Waals surface area (Å²) in [5, 5.41) is 0.867. The number of thioether (sulfide) groups is 1. The minimum atomic E-state index is 0.313. The zero-order chi connectivity index (χ0) is 14.5. The minimum Gasteiger partial charge on any atom is -0.493 e. The average molecular weight is 305 g/mol. The van der Waals surface area contributed by atoms with Crippen molar-refractivity contribution in [2.24, 2.45) is 5.73 Å². The standard InChI is InChI=1S/C18H27NOS/c19-15(13-21-16-6-2-1-3-7-16)12-14-10-11-20-18-9-5-4-8-17(14)18/h4-5,8-9,14-16H,1-3,6-7,10-13,19H2. The van der Waals surface area contributed by atoms with Gasteiger partial charge < -0.3 is 10.5 Å². The fourth-order valence-electron chi connectivity index (χ4n) is 3.59. The minimum absolute atomic E-state index is 0.313. The van der Waals surface area contributed by atoms with Crippen LogP contribution >= 0.6 is 11.8 Å². The molecule has 0 saturated heterocycles. The van der Waals surface area contributed by atoms with Crippen LogP contribution in [0.4, 0.5) is 0 Å². The smallest absolute Gasteiger partial charge is 0.122 e. The number of ether oxygens (including phenoxy) is 1. The second-order valence-electron chi connectivity index (χ2n) is 6.46. The van der Waals surface area contributed by atoms with E-state index in [0.717, 1.165) is 36.2 Å². The summed E-state index contributed by atoms with van der Waals surface area (Å²) in [6.07, 6.45) is 9.27. The number of para-hydroxylation sites is 1. The highest BCUT2D eigenvalue weighted by Crippen LogP contribution is 2.36. The number of fused-ring (bicyclic) bond motifs is 1. The third kappa shape index (κ3) is 4.17. The van der Waals surface area contributed by atoms with E-state index in [4.69, 9.17) is 10.5 Å². The molecule has 2 nitrogen and oxygen atoms in total. The quantitative estimate of drug-likeness (QED) is 0.879. The summed E-state index contributed by atoms with van der Waals surface area (Å²) in [6.45, 7) is 0.837. The third-order valence-corrected chi connectivity index (χ3v) is 6.33. The summed E-state index contributed by atoms with van der Waals surface area (Å²) in [5.41, 5.74) is 7.78. The van der Waals surface area contributed by atoms with Gasteiger partial charge in [-0.3, -0.25) is 0 Å². The largest absolute Gasteiger partial charge is 0.493 e. The normalized spacial score (nSPS) is 24.1. The van der Waals surface area contributed by atoms with Crippen LogP contribution in [0, 0.1) is 0 Å². The first-order chi connectivity index (χ1) is 10.3. The number of hydrogen-bond acceptors (Lipinski definition) is 3. The summed E-state index contributed by atoms with van der Waals surface area (Å²) >= 11 is 2.12. The van der Waals surface area contributed by atoms with Crippen LogP contribution in [0.3, 0.4) is 0 Å². The maximum atomic E-state index is 6.42. The van der Waals surface area contributed by atoms with Crippen molar-refractivity contribution in [3.63, 3.8) is 0 Å². The lowest BCUT2D eigenvalue weighted by Crippen LogP contribution is -2.28. The molecule has 1 aliphatic heterocycles. The summed E-state index contributed by atoms with van der Waals surface area (Å²) in [4.78, 5) is 0. The van der Waals surface area contributed by atoms with E-state index in [1.165, 1.54) is 37.7 Å². The number of benzene rings is 1. The molecule has 21 heavy (non-hydrogen) atoms. The van der Waals surface area contributed by atoms with Gasteiger partial charge in [0.25, 0.3) is 0 Å². The van der Waals surface area contributed by atoms with Gasteiger partial charge in [0.05, 0.1) is 6.61 Å². The topological polar surface area (TPSA) is 35.2 Å². The second kappa shape index (κ2) is 7.55. The Balaban J connectivity index is 1.49. The molecule has 3 heteroatoms. The lowest BCUT2D eigenvalue weighted by Gasteiger charge is -2.28. The lowest BCUT2D eigenvalue weighted by atomic mass is 9.88. The van der Waals surface area contributed by atoms with Gasteiger partial charge in [0.2, 0.25) is 0 Å². The van der Waals surface area contributed by atoms with Crippen LogP contribution in [-0.2, 0) is 0 Å². The van der Waals surface area contributed by atoms with Crippen molar-refractivity contribution in [3.8, 4) is 5.75 Å². The summed E-state index contributed by atoms with van der Waals surface area (Å²) in [5.74, 6) is 2.77. The zero-order valence-corrected chi connectivity index (χ0v) is 13.6. The predicted molar refractivity (Wildman–Crippen MR) is 91.2 cm³/mol. The Morgan fingerprint density at radius 1 is 1.14 bits per heavy atom. The van der Waals surface area contributed by atoms with Gasteiger partial charge >= 0.3 is 0 Å². The van der Waals surface area contributed by atoms with Gasteiger partial charge in [0, 0.05) is 17.0 Å². The van der Waals surface area contributed by atoms with Crippen molar-refractivity contribution in [2.45, 2.75) is 62.2 Å². The summed E-state index contributed by atoms with van der Waals surface area (Å²) in [6, 6.07) is 8.78. The van der Waals surface area contributed by atoms with E-state index >= 15 is 0 Å². The Kier molecular flexibility index (Phi) is 5.48. The molecule has 0 spiro atoms. The molecular formula is C18H27NOS. The van der Waals surface area contributed by atoms with Crippen molar-refractivity contribution in [3.05, 3.63) is 29.8 Å². The van der Waals surface area contributed by atoms with Crippen LogP contribution in [0.25, 0.3) is 0 Å². The number of nitrogens with two attached hydrogens (primary N) is 1. The summed E-state index contributed by atoms with van der Waals surface area (Å²) < 4.78 is 5.74. The molecule has 1 fully saturated rings. The highest BCUT2D eigenvalue weighted by atomic mass is 32.2. The molecular weight excluding hydrogens is 278 g/mol. The maximum absolute atomic E-state index is 6.42. The van der Waals surface area contributed by atoms with E-state index in [1.807, 2.05) is 0 Å². The maximum Gasteiger partial charge on any atom is 0.122 e. The van der Waals surface area contributed by atoms with Crippen molar-refractivity contribution < 1.29 is 4.74 Å². The first kappa shape index (κ1) is 15.2. The Labute approximate surface area is 132 Å². The van der Waals surface area contributed by atoms with Gasteiger partial charge in [0.1, 0.15) is 5.75 Å². The molecule has 1 aliphatic carbocycles. The number of rotatable bonds is 5. The van der Waals surface area contributed by atoms with Gasteiger partial charge in [0.15, 0.2) is 0 Å². The third-order valence-electron chi connectivity index (χ3n) is 4.77. The van der Waals surface area contributed by atoms with E-state index in [2.05, 4.69) is 36.0 Å². The molecule has 1 saturated carbocycles. The van der Waals surface area contributed by atoms with Crippen molar-refractivity contribution in [2.75, 3.05) is 12.4 Å². The summed E-state index contributed by atoms with van der Waals surface area (Å²) in [7, 11) is 0. The van der Waals surface area contributed by atoms with Gasteiger partial charge in [-0.15, -0.1) is 0 Å². The van der Waals surface area contributed by atoms with Gasteiger partial charge in [-0.1, -0.05) is 37.5 Å². The van der Waals surface area contributed by atoms with Crippen LogP contribution < -0.4 is 10.5 Å². The van der Waals surface area contributed by atoms with Crippen LogP contribution in [-0.4, -0.2) is 23.7 Å². The second-order valence-corrected chi connectivity index (χ2v) is 7.79. The molecule has 0 bridgehead atoms. The van der Waals surface area contributed by atoms with E-state index in [9.17, 15) is 0 Å². The molecule has 116 valence electrons. The van der Waals surface area contributed by atoms with E-state index < -0.39 is 0 Å². The number of hydrogen-bond donors (Lipinski definition) is 1. The SMILES string of the molecule is NC(CSC1CCCCC1)CC1CCOc2ccccc21. The first-order valence-corrected chi connectivity index (χ1v) is 9.46. The van der Waals surface area contributed by atoms with Gasteiger partial charge in [-0.05, 0) is 43.2 Å². The van der Waals surface area contributed by atoms with Crippen molar-refractivity contribution in [1.29, 1.82) is 0 Å².